The van der Waals surface area contributed by atoms with Gasteiger partial charge in [0.25, 0.3) is 17.2 Å². The molecule has 40 heavy (non-hydrogen) atoms. The van der Waals surface area contributed by atoms with Crippen molar-refractivity contribution in [3.05, 3.63) is 77.6 Å². The van der Waals surface area contributed by atoms with E-state index < -0.39 is 32.8 Å². The lowest BCUT2D eigenvalue weighted by Crippen LogP contribution is -2.28. The minimum absolute atomic E-state index is 0.0233. The molecule has 0 bridgehead atoms. The molecule has 2 aromatic heterocycles. The largest absolute Gasteiger partial charge is 0.437 e. The lowest BCUT2D eigenvalue weighted by Gasteiger charge is -2.21. The van der Waals surface area contributed by atoms with E-state index in [4.69, 9.17) is 4.42 Å². The van der Waals surface area contributed by atoms with Gasteiger partial charge in [-0.2, -0.15) is 4.98 Å². The van der Waals surface area contributed by atoms with E-state index in [9.17, 15) is 26.4 Å². The third-order valence-electron chi connectivity index (χ3n) is 6.48. The number of carbonyl (C=O) groups is 1. The highest BCUT2D eigenvalue weighted by Crippen LogP contribution is 2.36. The van der Waals surface area contributed by atoms with Crippen molar-refractivity contribution in [1.82, 2.24) is 10.3 Å². The summed E-state index contributed by atoms with van der Waals surface area (Å²) in [4.78, 5) is 17.6. The van der Waals surface area contributed by atoms with Crippen molar-refractivity contribution >= 4 is 43.9 Å². The number of pyridine rings is 1. The highest BCUT2D eigenvalue weighted by Gasteiger charge is 2.26. The monoisotopic (exact) mass is 587 g/mol. The molecular weight excluding hydrogens is 557 g/mol. The first-order valence-corrected chi connectivity index (χ1v) is 15.5. The number of furan rings is 1. The molecule has 9 nitrogen and oxygen atoms in total. The first-order valence-electron chi connectivity index (χ1n) is 12.8. The van der Waals surface area contributed by atoms with Gasteiger partial charge in [0.2, 0.25) is 5.71 Å². The lowest BCUT2D eigenvalue weighted by atomic mass is 10.0. The van der Waals surface area contributed by atoms with Gasteiger partial charge in [-0.1, -0.05) is 31.5 Å². The number of anilines is 1. The van der Waals surface area contributed by atoms with Crippen molar-refractivity contribution in [2.75, 3.05) is 23.7 Å². The van der Waals surface area contributed by atoms with Crippen molar-refractivity contribution in [2.24, 2.45) is 0 Å². The molecule has 0 saturated heterocycles. The first-order chi connectivity index (χ1) is 19.2. The summed E-state index contributed by atoms with van der Waals surface area (Å²) in [5.41, 5.74) is 1.42. The number of benzene rings is 2. The van der Waals surface area contributed by atoms with Crippen molar-refractivity contribution in [3.63, 3.8) is 0 Å². The van der Waals surface area contributed by atoms with Crippen molar-refractivity contribution in [3.8, 4) is 11.3 Å². The summed E-state index contributed by atoms with van der Waals surface area (Å²) in [6.07, 6.45) is 1.80. The molecule has 12 heteroatoms. The maximum Gasteiger partial charge on any atom is 0.263 e. The maximum absolute atomic E-state index is 13.5. The number of aromatic nitrogens is 1. The number of aryl methyl sites for hydroxylation is 1. The fourth-order valence-electron chi connectivity index (χ4n) is 4.41. The van der Waals surface area contributed by atoms with Crippen LogP contribution in [0.5, 0.6) is 0 Å². The van der Waals surface area contributed by atoms with Crippen LogP contribution in [0.15, 0.2) is 70.0 Å². The lowest BCUT2D eigenvalue weighted by molar-refractivity contribution is 0.0964. The highest BCUT2D eigenvalue weighted by molar-refractivity contribution is 7.91. The third kappa shape index (κ3) is 6.40. The second kappa shape index (κ2) is 12.7. The third-order valence-corrected chi connectivity index (χ3v) is 9.03. The summed E-state index contributed by atoms with van der Waals surface area (Å²) in [6, 6.07) is 15.4. The van der Waals surface area contributed by atoms with Gasteiger partial charge in [0, 0.05) is 19.2 Å². The van der Waals surface area contributed by atoms with Crippen LogP contribution in [0, 0.1) is 5.82 Å². The summed E-state index contributed by atoms with van der Waals surface area (Å²) < 4.78 is 68.2. The number of amides is 1. The Bertz CT molecular complexity index is 1620. The van der Waals surface area contributed by atoms with E-state index in [1.54, 1.807) is 36.4 Å². The molecule has 1 amide bonds. The van der Waals surface area contributed by atoms with Crippen LogP contribution in [0.2, 0.25) is 0 Å². The van der Waals surface area contributed by atoms with Gasteiger partial charge in [0.05, 0.1) is 21.6 Å². The van der Waals surface area contributed by atoms with Gasteiger partial charge in [-0.05, 0) is 67.3 Å². The molecule has 2 N–H and O–H groups in total. The minimum Gasteiger partial charge on any atom is -0.437 e. The second-order valence-electron chi connectivity index (χ2n) is 9.09. The number of rotatable bonds is 12. The van der Waals surface area contributed by atoms with Gasteiger partial charge in [0.1, 0.15) is 17.4 Å². The van der Waals surface area contributed by atoms with Crippen molar-refractivity contribution in [2.45, 2.75) is 37.5 Å². The Hall–Kier alpha value is -3.61. The number of unbranched alkanes of at least 4 members (excludes halogenated alkanes) is 2. The van der Waals surface area contributed by atoms with Crippen LogP contribution in [-0.4, -0.2) is 47.4 Å². The zero-order chi connectivity index (χ0) is 28.9. The van der Waals surface area contributed by atoms with Gasteiger partial charge in [-0.3, -0.25) is 13.7 Å². The zero-order valence-electron chi connectivity index (χ0n) is 22.1. The summed E-state index contributed by atoms with van der Waals surface area (Å²) in [7, 11) is -1.92. The topological polar surface area (TPSA) is 130 Å². The molecule has 1 unspecified atom stereocenters. The summed E-state index contributed by atoms with van der Waals surface area (Å²) in [5.74, 6) is -0.436. The van der Waals surface area contributed by atoms with E-state index in [0.29, 0.717) is 42.2 Å². The number of nitrogens with zero attached hydrogens (tertiary/aromatic N) is 2. The number of nitrogens with one attached hydrogen (secondary N) is 1. The molecule has 0 fully saturated rings. The molecule has 4 rings (SSSR count). The molecule has 1 atom stereocenters. The molecular formula is C28H30FN3O6S2. The van der Waals surface area contributed by atoms with Gasteiger partial charge in [0.15, 0.2) is 9.84 Å². The Morgan fingerprint density at radius 1 is 1.10 bits per heavy atom. The van der Waals surface area contributed by atoms with E-state index in [1.807, 2.05) is 6.92 Å². The van der Waals surface area contributed by atoms with Crippen molar-refractivity contribution in [1.29, 1.82) is 0 Å². The van der Waals surface area contributed by atoms with Crippen LogP contribution >= 0.6 is 0 Å². The second-order valence-corrected chi connectivity index (χ2v) is 12.1. The van der Waals surface area contributed by atoms with E-state index >= 15 is 0 Å². The quantitative estimate of drug-likeness (QED) is 0.173. The van der Waals surface area contributed by atoms with Crippen LogP contribution in [0.1, 0.15) is 42.1 Å². The molecule has 0 aliphatic heterocycles. The number of carbonyl (C=O) groups excluding carboxylic acids is 1. The fraction of sp³-hybridized carbons (Fsp3) is 0.286. The standard InChI is InChI=1S/C28H30FN3O6S2/c1-3-19-18-23-24(27(33)30-2)25(20-12-14-21(29)15-13-20)38-28(23)31-26(19)32(39(34)35)16-8-5-9-17-40(36,37)22-10-6-4-7-11-22/h4,6-7,10-15,18H,3,5,8-9,16-17H2,1-2H3,(H,30,33)(H,34,35). The predicted molar refractivity (Wildman–Crippen MR) is 153 cm³/mol. The molecule has 0 spiro atoms. The van der Waals surface area contributed by atoms with Crippen LogP contribution in [-0.2, 0) is 27.5 Å². The molecule has 2 aromatic carbocycles. The zero-order valence-corrected chi connectivity index (χ0v) is 23.7. The van der Waals surface area contributed by atoms with Crippen LogP contribution in [0.3, 0.4) is 0 Å². The van der Waals surface area contributed by atoms with Crippen LogP contribution < -0.4 is 9.62 Å². The smallest absolute Gasteiger partial charge is 0.263 e. The molecule has 212 valence electrons. The van der Waals surface area contributed by atoms with Gasteiger partial charge >= 0.3 is 0 Å². The normalized spacial score (nSPS) is 12.4. The number of sulfone groups is 1. The Morgan fingerprint density at radius 3 is 2.42 bits per heavy atom. The number of hydrogen-bond acceptors (Lipinski definition) is 6. The van der Waals surface area contributed by atoms with Gasteiger partial charge < -0.3 is 9.73 Å². The van der Waals surface area contributed by atoms with Gasteiger partial charge in [-0.25, -0.2) is 17.0 Å². The Morgan fingerprint density at radius 2 is 1.80 bits per heavy atom. The molecule has 2 heterocycles. The highest BCUT2D eigenvalue weighted by atomic mass is 32.2. The fourth-order valence-corrected chi connectivity index (χ4v) is 6.40. The van der Waals surface area contributed by atoms with E-state index in [2.05, 4.69) is 10.3 Å². The van der Waals surface area contributed by atoms with E-state index in [-0.39, 0.29) is 40.0 Å². The number of fused-ring (bicyclic) bond motifs is 1. The number of halogens is 1. The Kier molecular flexibility index (Phi) is 9.33. The summed E-state index contributed by atoms with van der Waals surface area (Å²) >= 11 is -2.42. The minimum atomic E-state index is -3.40. The van der Waals surface area contributed by atoms with Crippen LogP contribution in [0.25, 0.3) is 22.4 Å². The first kappa shape index (κ1) is 29.4. The maximum atomic E-state index is 13.5. The molecule has 0 aliphatic carbocycles. The van der Waals surface area contributed by atoms with E-state index in [1.165, 1.54) is 35.6 Å². The molecule has 0 aliphatic rings. The Balaban J connectivity index is 1.59. The van der Waals surface area contributed by atoms with Gasteiger partial charge in [-0.15, -0.1) is 0 Å². The van der Waals surface area contributed by atoms with E-state index in [0.717, 1.165) is 0 Å². The van der Waals surface area contributed by atoms with Crippen LogP contribution in [0.4, 0.5) is 10.2 Å². The average molecular weight is 588 g/mol. The number of hydrogen-bond donors (Lipinski definition) is 2. The average Bonchev–Trinajstić information content (AvgIpc) is 3.32. The van der Waals surface area contributed by atoms with Crippen molar-refractivity contribution < 1.29 is 30.8 Å². The summed E-state index contributed by atoms with van der Waals surface area (Å²) in [5, 5.41) is 3.02. The summed E-state index contributed by atoms with van der Waals surface area (Å²) in [6.45, 7) is 2.01. The predicted octanol–water partition coefficient (Wildman–Crippen LogP) is 5.14. The Labute approximate surface area is 234 Å². The molecule has 0 radical (unpaired) electrons. The SMILES string of the molecule is CCc1cc2c(C(=O)NC)c(-c3ccc(F)cc3)oc2nc1N(CCCCCS(=O)(=O)c1ccccc1)S(=O)O. The molecule has 0 saturated carbocycles. The molecule has 4 aromatic rings.